The van der Waals surface area contributed by atoms with Crippen LogP contribution in [-0.2, 0) is 0 Å². The zero-order chi connectivity index (χ0) is 16.2. The molecular formula is C18H16N2O3. The van der Waals surface area contributed by atoms with Gasteiger partial charge in [-0.15, -0.1) is 0 Å². The summed E-state index contributed by atoms with van der Waals surface area (Å²) in [7, 11) is 1.59. The van der Waals surface area contributed by atoms with Gasteiger partial charge in [-0.2, -0.15) is 5.10 Å². The zero-order valence-electron chi connectivity index (χ0n) is 12.9. The monoisotopic (exact) mass is 308 g/mol. The standard InChI is InChI=1S/C18H16N2O3/c1-12(19-20-14-6-4-3-5-7-14)16-11-13-10-15(22-2)8-9-17(13)23-18(16)21/h3-11,20H,1-2H3/b19-12+. The third-order valence-corrected chi connectivity index (χ3v) is 3.46. The fourth-order valence-electron chi connectivity index (χ4n) is 2.20. The first-order valence-corrected chi connectivity index (χ1v) is 7.15. The summed E-state index contributed by atoms with van der Waals surface area (Å²) in [5, 5.41) is 5.04. The van der Waals surface area contributed by atoms with Crippen molar-refractivity contribution in [3.63, 3.8) is 0 Å². The molecular weight excluding hydrogens is 292 g/mol. The Morgan fingerprint density at radius 1 is 1.13 bits per heavy atom. The Labute approximate surface area is 133 Å². The molecule has 0 aliphatic rings. The van der Waals surface area contributed by atoms with Crippen LogP contribution in [0.2, 0.25) is 0 Å². The van der Waals surface area contributed by atoms with E-state index in [9.17, 15) is 4.79 Å². The number of hydrogen-bond acceptors (Lipinski definition) is 5. The SMILES string of the molecule is COc1ccc2oc(=O)c(/C(C)=N/Nc3ccccc3)cc2c1. The van der Waals surface area contributed by atoms with E-state index in [1.807, 2.05) is 36.4 Å². The minimum atomic E-state index is -0.418. The van der Waals surface area contributed by atoms with Gasteiger partial charge in [-0.3, -0.25) is 5.43 Å². The van der Waals surface area contributed by atoms with Crippen LogP contribution in [0.5, 0.6) is 5.75 Å². The van der Waals surface area contributed by atoms with Gasteiger partial charge in [0.2, 0.25) is 0 Å². The molecule has 0 amide bonds. The van der Waals surface area contributed by atoms with Crippen molar-refractivity contribution in [2.45, 2.75) is 6.92 Å². The fraction of sp³-hybridized carbons (Fsp3) is 0.111. The van der Waals surface area contributed by atoms with Crippen LogP contribution in [0.15, 0.2) is 68.9 Å². The lowest BCUT2D eigenvalue weighted by Gasteiger charge is -2.05. The highest BCUT2D eigenvalue weighted by Gasteiger charge is 2.09. The molecule has 23 heavy (non-hydrogen) atoms. The van der Waals surface area contributed by atoms with Gasteiger partial charge in [0.15, 0.2) is 0 Å². The first-order valence-electron chi connectivity index (χ1n) is 7.15. The molecule has 3 aromatic rings. The van der Waals surface area contributed by atoms with E-state index >= 15 is 0 Å². The van der Waals surface area contributed by atoms with Gasteiger partial charge in [0.1, 0.15) is 11.3 Å². The van der Waals surface area contributed by atoms with Gasteiger partial charge in [-0.25, -0.2) is 4.79 Å². The number of methoxy groups -OCH3 is 1. The maximum Gasteiger partial charge on any atom is 0.345 e. The number of fused-ring (bicyclic) bond motifs is 1. The number of para-hydroxylation sites is 1. The quantitative estimate of drug-likeness (QED) is 0.454. The number of rotatable bonds is 4. The molecule has 0 unspecified atom stereocenters. The first-order chi connectivity index (χ1) is 11.2. The van der Waals surface area contributed by atoms with Crippen LogP contribution < -0.4 is 15.8 Å². The van der Waals surface area contributed by atoms with Gasteiger partial charge in [0, 0.05) is 5.39 Å². The average molecular weight is 308 g/mol. The molecule has 1 N–H and O–H groups in total. The topological polar surface area (TPSA) is 63.8 Å². The number of nitrogens with one attached hydrogen (secondary N) is 1. The van der Waals surface area contributed by atoms with Gasteiger partial charge in [-0.05, 0) is 43.3 Å². The molecule has 0 aliphatic carbocycles. The van der Waals surface area contributed by atoms with E-state index in [0.29, 0.717) is 22.6 Å². The third kappa shape index (κ3) is 3.23. The second kappa shape index (κ2) is 6.36. The van der Waals surface area contributed by atoms with Gasteiger partial charge in [-0.1, -0.05) is 18.2 Å². The highest BCUT2D eigenvalue weighted by atomic mass is 16.5. The summed E-state index contributed by atoms with van der Waals surface area (Å²) in [6.45, 7) is 1.76. The van der Waals surface area contributed by atoms with E-state index in [4.69, 9.17) is 9.15 Å². The molecule has 0 radical (unpaired) electrons. The van der Waals surface area contributed by atoms with Crippen LogP contribution in [0.1, 0.15) is 12.5 Å². The second-order valence-corrected chi connectivity index (χ2v) is 5.03. The highest BCUT2D eigenvalue weighted by Crippen LogP contribution is 2.20. The molecule has 0 aliphatic heterocycles. The van der Waals surface area contributed by atoms with Crippen molar-refractivity contribution in [2.75, 3.05) is 12.5 Å². The molecule has 3 rings (SSSR count). The lowest BCUT2D eigenvalue weighted by molar-refractivity contribution is 0.415. The lowest BCUT2D eigenvalue weighted by Crippen LogP contribution is -2.13. The van der Waals surface area contributed by atoms with Crippen LogP contribution in [0.25, 0.3) is 11.0 Å². The molecule has 116 valence electrons. The van der Waals surface area contributed by atoms with Gasteiger partial charge in [0.25, 0.3) is 0 Å². The Bertz CT molecular complexity index is 914. The number of anilines is 1. The van der Waals surface area contributed by atoms with E-state index in [-0.39, 0.29) is 0 Å². The van der Waals surface area contributed by atoms with Crippen molar-refractivity contribution >= 4 is 22.4 Å². The fourth-order valence-corrected chi connectivity index (χ4v) is 2.20. The third-order valence-electron chi connectivity index (χ3n) is 3.46. The van der Waals surface area contributed by atoms with Crippen LogP contribution in [0, 0.1) is 0 Å². The highest BCUT2D eigenvalue weighted by molar-refractivity contribution is 6.00. The van der Waals surface area contributed by atoms with Crippen LogP contribution >= 0.6 is 0 Å². The molecule has 2 aromatic carbocycles. The lowest BCUT2D eigenvalue weighted by atomic mass is 10.1. The average Bonchev–Trinajstić information content (AvgIpc) is 2.59. The zero-order valence-corrected chi connectivity index (χ0v) is 12.9. The maximum atomic E-state index is 12.1. The van der Waals surface area contributed by atoms with Gasteiger partial charge >= 0.3 is 5.63 Å². The number of benzene rings is 2. The van der Waals surface area contributed by atoms with E-state index in [2.05, 4.69) is 10.5 Å². The Kier molecular flexibility index (Phi) is 4.10. The predicted molar refractivity (Wildman–Crippen MR) is 91.3 cm³/mol. The van der Waals surface area contributed by atoms with Gasteiger partial charge < -0.3 is 9.15 Å². The summed E-state index contributed by atoms with van der Waals surface area (Å²) in [4.78, 5) is 12.1. The van der Waals surface area contributed by atoms with E-state index in [1.54, 1.807) is 32.2 Å². The Hall–Kier alpha value is -3.08. The van der Waals surface area contributed by atoms with Crippen molar-refractivity contribution in [3.8, 4) is 5.75 Å². The molecule has 0 fully saturated rings. The number of ether oxygens (including phenoxy) is 1. The largest absolute Gasteiger partial charge is 0.497 e. The summed E-state index contributed by atoms with van der Waals surface area (Å²) in [6.07, 6.45) is 0. The van der Waals surface area contributed by atoms with E-state index in [0.717, 1.165) is 11.1 Å². The normalized spacial score (nSPS) is 11.5. The summed E-state index contributed by atoms with van der Waals surface area (Å²) >= 11 is 0. The summed E-state index contributed by atoms with van der Waals surface area (Å²) in [6, 6.07) is 16.6. The second-order valence-electron chi connectivity index (χ2n) is 5.03. The van der Waals surface area contributed by atoms with E-state index < -0.39 is 5.63 Å². The summed E-state index contributed by atoms with van der Waals surface area (Å²) < 4.78 is 10.5. The van der Waals surface area contributed by atoms with Crippen molar-refractivity contribution in [3.05, 3.63) is 70.6 Å². The van der Waals surface area contributed by atoms with Crippen LogP contribution in [-0.4, -0.2) is 12.8 Å². The molecule has 0 spiro atoms. The minimum Gasteiger partial charge on any atom is -0.497 e. The number of nitrogens with zero attached hydrogens (tertiary/aromatic N) is 1. The molecule has 0 atom stereocenters. The molecule has 1 heterocycles. The Morgan fingerprint density at radius 3 is 2.65 bits per heavy atom. The molecule has 0 saturated heterocycles. The number of hydrogen-bond donors (Lipinski definition) is 1. The predicted octanol–water partition coefficient (Wildman–Crippen LogP) is 3.64. The molecule has 0 bridgehead atoms. The van der Waals surface area contributed by atoms with E-state index in [1.165, 1.54) is 0 Å². The Morgan fingerprint density at radius 2 is 1.91 bits per heavy atom. The summed E-state index contributed by atoms with van der Waals surface area (Å²) in [5.41, 5.74) is 4.83. The molecule has 5 nitrogen and oxygen atoms in total. The van der Waals surface area contributed by atoms with Crippen molar-refractivity contribution in [1.29, 1.82) is 0 Å². The molecule has 5 heteroatoms. The smallest absolute Gasteiger partial charge is 0.345 e. The maximum absolute atomic E-state index is 12.1. The molecule has 1 aromatic heterocycles. The number of hydrazone groups is 1. The van der Waals surface area contributed by atoms with Crippen molar-refractivity contribution in [1.82, 2.24) is 0 Å². The minimum absolute atomic E-state index is 0.411. The van der Waals surface area contributed by atoms with Gasteiger partial charge in [0.05, 0.1) is 24.1 Å². The summed E-state index contributed by atoms with van der Waals surface area (Å²) in [5.74, 6) is 0.703. The Balaban J connectivity index is 1.97. The van der Waals surface area contributed by atoms with Crippen molar-refractivity contribution in [2.24, 2.45) is 5.10 Å². The first kappa shape index (κ1) is 14.8. The van der Waals surface area contributed by atoms with Crippen LogP contribution in [0.3, 0.4) is 0 Å². The van der Waals surface area contributed by atoms with Crippen molar-refractivity contribution < 1.29 is 9.15 Å². The van der Waals surface area contributed by atoms with Crippen LogP contribution in [0.4, 0.5) is 5.69 Å². The molecule has 0 saturated carbocycles.